The molecule has 14 heavy (non-hydrogen) atoms. The lowest BCUT2D eigenvalue weighted by molar-refractivity contribution is -0.115. The van der Waals surface area contributed by atoms with Gasteiger partial charge in [-0.05, 0) is 24.3 Å². The molecule has 1 rings (SSSR count). The highest BCUT2D eigenvalue weighted by Gasteiger charge is 1.87. The number of hydrogen-bond acceptors (Lipinski definition) is 3. The zero-order valence-electron chi connectivity index (χ0n) is 8.60. The van der Waals surface area contributed by atoms with Gasteiger partial charge in [0.15, 0.2) is 0 Å². The minimum atomic E-state index is 0.260. The van der Waals surface area contributed by atoms with Crippen LogP contribution in [0.5, 0.6) is 11.5 Å². The van der Waals surface area contributed by atoms with Gasteiger partial charge in [-0.3, -0.25) is 4.79 Å². The SMILES string of the molecule is CN(C)C=O.COc1ccc(O)cc1. The summed E-state index contributed by atoms with van der Waals surface area (Å²) in [6, 6.07) is 6.57. The van der Waals surface area contributed by atoms with Crippen molar-refractivity contribution < 1.29 is 14.6 Å². The molecule has 0 unspecified atom stereocenters. The van der Waals surface area contributed by atoms with E-state index in [-0.39, 0.29) is 5.75 Å². The first-order valence-corrected chi connectivity index (χ1v) is 4.05. The third-order valence-electron chi connectivity index (χ3n) is 1.28. The van der Waals surface area contributed by atoms with Crippen molar-refractivity contribution in [3.63, 3.8) is 0 Å². The van der Waals surface area contributed by atoms with Gasteiger partial charge in [0.1, 0.15) is 11.5 Å². The van der Waals surface area contributed by atoms with Crippen molar-refractivity contribution in [1.29, 1.82) is 0 Å². The van der Waals surface area contributed by atoms with Gasteiger partial charge in [-0.1, -0.05) is 0 Å². The second-order valence-corrected chi connectivity index (χ2v) is 2.77. The Morgan fingerprint density at radius 2 is 1.71 bits per heavy atom. The lowest BCUT2D eigenvalue weighted by Crippen LogP contribution is -2.06. The van der Waals surface area contributed by atoms with Crippen molar-refractivity contribution >= 4 is 6.41 Å². The van der Waals surface area contributed by atoms with Gasteiger partial charge < -0.3 is 14.7 Å². The number of phenols is 1. The highest BCUT2D eigenvalue weighted by molar-refractivity contribution is 5.45. The molecule has 1 aromatic carbocycles. The predicted octanol–water partition coefficient (Wildman–Crippen LogP) is 1.11. The van der Waals surface area contributed by atoms with Gasteiger partial charge in [0, 0.05) is 14.1 Å². The maximum atomic E-state index is 9.43. The zero-order chi connectivity index (χ0) is 11.0. The highest BCUT2D eigenvalue weighted by Crippen LogP contribution is 2.14. The number of carbonyl (C=O) groups excluding carboxylic acids is 1. The van der Waals surface area contributed by atoms with E-state index in [9.17, 15) is 4.79 Å². The van der Waals surface area contributed by atoms with Gasteiger partial charge in [0.2, 0.25) is 6.41 Å². The Bertz CT molecular complexity index is 257. The average molecular weight is 197 g/mol. The number of benzene rings is 1. The molecular weight excluding hydrogens is 182 g/mol. The molecule has 0 aliphatic carbocycles. The molecule has 0 spiro atoms. The third kappa shape index (κ3) is 5.88. The summed E-state index contributed by atoms with van der Waals surface area (Å²) in [5.41, 5.74) is 0. The van der Waals surface area contributed by atoms with Crippen LogP contribution in [0, 0.1) is 0 Å². The number of aromatic hydroxyl groups is 1. The maximum Gasteiger partial charge on any atom is 0.209 e. The molecule has 0 aromatic heterocycles. The van der Waals surface area contributed by atoms with E-state index in [1.807, 2.05) is 0 Å². The summed E-state index contributed by atoms with van der Waals surface area (Å²) in [7, 11) is 4.96. The second-order valence-electron chi connectivity index (χ2n) is 2.77. The lowest BCUT2D eigenvalue weighted by atomic mass is 10.3. The van der Waals surface area contributed by atoms with E-state index in [1.54, 1.807) is 45.5 Å². The van der Waals surface area contributed by atoms with Crippen molar-refractivity contribution in [2.75, 3.05) is 21.2 Å². The van der Waals surface area contributed by atoms with Crippen LogP contribution in [0.15, 0.2) is 24.3 Å². The van der Waals surface area contributed by atoms with Crippen LogP contribution in [0.1, 0.15) is 0 Å². The molecule has 0 aliphatic rings. The lowest BCUT2D eigenvalue weighted by Gasteiger charge is -1.96. The molecule has 0 bridgehead atoms. The van der Waals surface area contributed by atoms with Gasteiger partial charge in [0.25, 0.3) is 0 Å². The first-order valence-electron chi connectivity index (χ1n) is 4.05. The van der Waals surface area contributed by atoms with Crippen molar-refractivity contribution in [3.8, 4) is 11.5 Å². The van der Waals surface area contributed by atoms with Crippen LogP contribution in [0.25, 0.3) is 0 Å². The van der Waals surface area contributed by atoms with Crippen LogP contribution in [-0.4, -0.2) is 37.6 Å². The predicted molar refractivity (Wildman–Crippen MR) is 54.4 cm³/mol. The molecule has 4 nitrogen and oxygen atoms in total. The number of hydrogen-bond donors (Lipinski definition) is 1. The van der Waals surface area contributed by atoms with Gasteiger partial charge >= 0.3 is 0 Å². The smallest absolute Gasteiger partial charge is 0.209 e. The highest BCUT2D eigenvalue weighted by atomic mass is 16.5. The zero-order valence-corrected chi connectivity index (χ0v) is 8.60. The van der Waals surface area contributed by atoms with Crippen molar-refractivity contribution in [2.24, 2.45) is 0 Å². The van der Waals surface area contributed by atoms with Gasteiger partial charge in [-0.25, -0.2) is 0 Å². The summed E-state index contributed by atoms with van der Waals surface area (Å²) >= 11 is 0. The molecule has 4 heteroatoms. The quantitative estimate of drug-likeness (QED) is 0.722. The van der Waals surface area contributed by atoms with Gasteiger partial charge in [-0.2, -0.15) is 0 Å². The molecular formula is C10H15NO3. The Morgan fingerprint density at radius 3 is 2.00 bits per heavy atom. The Hall–Kier alpha value is -1.71. The number of rotatable bonds is 2. The minimum Gasteiger partial charge on any atom is -0.508 e. The van der Waals surface area contributed by atoms with E-state index >= 15 is 0 Å². The summed E-state index contributed by atoms with van der Waals surface area (Å²) < 4.78 is 4.86. The van der Waals surface area contributed by atoms with Crippen LogP contribution in [0.2, 0.25) is 0 Å². The molecule has 0 atom stereocenters. The van der Waals surface area contributed by atoms with E-state index in [4.69, 9.17) is 9.84 Å². The van der Waals surface area contributed by atoms with Crippen molar-refractivity contribution in [2.45, 2.75) is 0 Å². The van der Waals surface area contributed by atoms with Crippen LogP contribution in [0.3, 0.4) is 0 Å². The minimum absolute atomic E-state index is 0.260. The van der Waals surface area contributed by atoms with Crippen LogP contribution in [-0.2, 0) is 4.79 Å². The van der Waals surface area contributed by atoms with Crippen LogP contribution in [0.4, 0.5) is 0 Å². The van der Waals surface area contributed by atoms with Crippen molar-refractivity contribution in [1.82, 2.24) is 4.90 Å². The molecule has 0 saturated heterocycles. The number of methoxy groups -OCH3 is 1. The molecule has 1 N–H and O–H groups in total. The molecule has 0 aliphatic heterocycles. The Labute approximate surface area is 83.7 Å². The number of phenolic OH excluding ortho intramolecular Hbond substituents is 1. The summed E-state index contributed by atoms with van der Waals surface area (Å²) in [4.78, 5) is 10.9. The Kier molecular flexibility index (Phi) is 5.94. The summed E-state index contributed by atoms with van der Waals surface area (Å²) in [5.74, 6) is 1.02. The van der Waals surface area contributed by atoms with Gasteiger partial charge in [0.05, 0.1) is 7.11 Å². The molecule has 1 aromatic rings. The fraction of sp³-hybridized carbons (Fsp3) is 0.300. The van der Waals surface area contributed by atoms with Crippen LogP contribution < -0.4 is 4.74 Å². The van der Waals surface area contributed by atoms with E-state index in [2.05, 4.69) is 0 Å². The Balaban J connectivity index is 0.000000292. The van der Waals surface area contributed by atoms with E-state index in [1.165, 1.54) is 4.90 Å². The first kappa shape index (κ1) is 12.3. The molecule has 0 fully saturated rings. The molecule has 1 amide bonds. The molecule has 0 radical (unpaired) electrons. The molecule has 0 saturated carbocycles. The largest absolute Gasteiger partial charge is 0.508 e. The number of nitrogens with zero attached hydrogens (tertiary/aromatic N) is 1. The first-order chi connectivity index (χ1) is 6.60. The van der Waals surface area contributed by atoms with Crippen LogP contribution >= 0.6 is 0 Å². The van der Waals surface area contributed by atoms with Gasteiger partial charge in [-0.15, -0.1) is 0 Å². The fourth-order valence-electron chi connectivity index (χ4n) is 0.582. The van der Waals surface area contributed by atoms with E-state index in [0.29, 0.717) is 0 Å². The molecule has 0 heterocycles. The van der Waals surface area contributed by atoms with E-state index in [0.717, 1.165) is 12.2 Å². The van der Waals surface area contributed by atoms with Crippen molar-refractivity contribution in [3.05, 3.63) is 24.3 Å². The average Bonchev–Trinajstić information content (AvgIpc) is 2.20. The number of ether oxygens (including phenoxy) is 1. The maximum absolute atomic E-state index is 9.43. The summed E-state index contributed by atoms with van der Waals surface area (Å²) in [5, 5.41) is 8.80. The fourth-order valence-corrected chi connectivity index (χ4v) is 0.582. The number of carbonyl (C=O) groups is 1. The second kappa shape index (κ2) is 6.77. The standard InChI is InChI=1S/C7H8O2.C3H7NO/c1-9-7-4-2-6(8)3-5-7;1-4(2)3-5/h2-5,8H,1H3;3H,1-2H3. The Morgan fingerprint density at radius 1 is 1.29 bits per heavy atom. The summed E-state index contributed by atoms with van der Waals surface area (Å²) in [6.07, 6.45) is 0.750. The van der Waals surface area contributed by atoms with E-state index < -0.39 is 0 Å². The topological polar surface area (TPSA) is 49.8 Å². The normalized spacial score (nSPS) is 8.21. The third-order valence-corrected chi connectivity index (χ3v) is 1.28. The monoisotopic (exact) mass is 197 g/mol. The summed E-state index contributed by atoms with van der Waals surface area (Å²) in [6.45, 7) is 0. The molecule has 78 valence electrons. The number of amides is 1.